The molecule has 2 atom stereocenters. The second-order valence-corrected chi connectivity index (χ2v) is 18.9. The number of nitrogens with one attached hydrogen (secondary N) is 4. The minimum Gasteiger partial charge on any atom is -0.494 e. The lowest BCUT2D eigenvalue weighted by atomic mass is 10.1. The number of amides is 2. The van der Waals surface area contributed by atoms with E-state index in [0.29, 0.717) is 45.1 Å². The number of rotatable bonds is 33. The van der Waals surface area contributed by atoms with Crippen molar-refractivity contribution in [3.63, 3.8) is 0 Å². The van der Waals surface area contributed by atoms with Crippen molar-refractivity contribution < 1.29 is 28.5 Å². The number of benzene rings is 6. The molecule has 12 heteroatoms. The fraction of sp³-hybridized carbons (Fsp3) is 0.381. The van der Waals surface area contributed by atoms with Crippen LogP contribution in [0.15, 0.2) is 175 Å². The SMILES string of the molecule is N[C@@H](Cc1ccccc1)C(=O)NCCCCCCCCOc1ccc(OCc2ccccc2)cc1.O=C(NCCCCCCCCOc1ccc(OCc2ccccc2)cc1)[C@H](Cc1ccccc1)NC1=NCCN1. The molecule has 6 N–H and O–H groups in total. The molecular weight excluding hydrogens is 937 g/mol. The molecule has 398 valence electrons. The number of nitrogens with zero attached hydrogens (tertiary/aromatic N) is 1. The Labute approximate surface area is 446 Å². The van der Waals surface area contributed by atoms with Gasteiger partial charge in [0.15, 0.2) is 5.96 Å². The van der Waals surface area contributed by atoms with Gasteiger partial charge in [0.05, 0.1) is 25.8 Å². The average molecular weight is 1020 g/mol. The Morgan fingerprint density at radius 3 is 1.25 bits per heavy atom. The molecule has 0 radical (unpaired) electrons. The van der Waals surface area contributed by atoms with Crippen LogP contribution in [0.2, 0.25) is 0 Å². The molecular formula is C63H80N6O6. The van der Waals surface area contributed by atoms with Crippen LogP contribution in [0.3, 0.4) is 0 Å². The number of carbonyl (C=O) groups excluding carboxylic acids is 2. The van der Waals surface area contributed by atoms with E-state index < -0.39 is 6.04 Å². The summed E-state index contributed by atoms with van der Waals surface area (Å²) in [7, 11) is 0. The summed E-state index contributed by atoms with van der Waals surface area (Å²) in [6.07, 6.45) is 14.4. The lowest BCUT2D eigenvalue weighted by Gasteiger charge is -2.19. The fourth-order valence-corrected chi connectivity index (χ4v) is 8.35. The topological polar surface area (TPSA) is 158 Å². The maximum atomic E-state index is 12.9. The van der Waals surface area contributed by atoms with Gasteiger partial charge in [0.25, 0.3) is 0 Å². The van der Waals surface area contributed by atoms with Gasteiger partial charge in [-0.15, -0.1) is 0 Å². The van der Waals surface area contributed by atoms with Gasteiger partial charge in [0.1, 0.15) is 42.3 Å². The standard InChI is InChI=1S/C33H42N4O3.C30H38N2O3/c38-32(31(37-33-35-22-23-36-33)25-27-13-7-5-8-14-27)34-21-11-3-1-2-4-12-24-39-29-17-19-30(20-18-29)40-26-28-15-9-6-10-16-28;31-29(23-25-13-7-5-8-14-25)30(33)32-21-11-3-1-2-4-12-22-34-27-17-19-28(20-18-27)35-24-26-15-9-6-10-16-26/h5-10,13-20,31H,1-4,11-12,21-26H2,(H,34,38)(H2,35,36,37);5-10,13-20,29H,1-4,11-12,21-24,31H2,(H,32,33)/t31-;29-/m00/s1. The maximum absolute atomic E-state index is 12.9. The van der Waals surface area contributed by atoms with E-state index in [1.165, 1.54) is 19.3 Å². The van der Waals surface area contributed by atoms with Gasteiger partial charge in [-0.25, -0.2) is 0 Å². The van der Waals surface area contributed by atoms with E-state index in [0.717, 1.165) is 129 Å². The van der Waals surface area contributed by atoms with Gasteiger partial charge in [-0.3, -0.25) is 14.6 Å². The Bertz CT molecular complexity index is 2460. The zero-order valence-corrected chi connectivity index (χ0v) is 43.9. The number of hydrogen-bond donors (Lipinski definition) is 5. The van der Waals surface area contributed by atoms with E-state index in [9.17, 15) is 9.59 Å². The number of aliphatic imine (C=N–C) groups is 1. The third kappa shape index (κ3) is 24.1. The van der Waals surface area contributed by atoms with Crippen LogP contribution in [0.5, 0.6) is 23.0 Å². The summed E-state index contributed by atoms with van der Waals surface area (Å²) < 4.78 is 23.4. The molecule has 12 nitrogen and oxygen atoms in total. The first-order valence-electron chi connectivity index (χ1n) is 27.2. The van der Waals surface area contributed by atoms with Crippen LogP contribution in [-0.4, -0.2) is 69.3 Å². The average Bonchev–Trinajstić information content (AvgIpc) is 3.98. The Kier molecular flexibility index (Phi) is 26.6. The second kappa shape index (κ2) is 35.0. The summed E-state index contributed by atoms with van der Waals surface area (Å²) in [5, 5.41) is 12.6. The minimum atomic E-state index is -0.490. The zero-order valence-electron chi connectivity index (χ0n) is 43.9. The molecule has 0 saturated heterocycles. The van der Waals surface area contributed by atoms with Gasteiger partial charge in [-0.05, 0) is 103 Å². The molecule has 1 aliphatic heterocycles. The Hall–Kier alpha value is -7.31. The van der Waals surface area contributed by atoms with Crippen LogP contribution in [0, 0.1) is 0 Å². The predicted molar refractivity (Wildman–Crippen MR) is 302 cm³/mol. The molecule has 0 spiro atoms. The number of nitrogens with two attached hydrogens (primary N) is 1. The van der Waals surface area contributed by atoms with Crippen molar-refractivity contribution in [2.75, 3.05) is 39.4 Å². The van der Waals surface area contributed by atoms with E-state index in [4.69, 9.17) is 24.7 Å². The molecule has 6 aromatic carbocycles. The number of unbranched alkanes of at least 4 members (excludes halogenated alkanes) is 10. The second-order valence-electron chi connectivity index (χ2n) is 18.9. The Morgan fingerprint density at radius 2 is 0.827 bits per heavy atom. The lowest BCUT2D eigenvalue weighted by molar-refractivity contribution is -0.123. The molecule has 6 aromatic rings. The summed E-state index contributed by atoms with van der Waals surface area (Å²) in [4.78, 5) is 29.4. The first kappa shape index (κ1) is 57.0. The summed E-state index contributed by atoms with van der Waals surface area (Å²) in [6.45, 7) is 5.51. The summed E-state index contributed by atoms with van der Waals surface area (Å²) in [6, 6.07) is 55.1. The summed E-state index contributed by atoms with van der Waals surface area (Å²) in [5.74, 6) is 4.10. The molecule has 2 amide bonds. The molecule has 0 unspecified atom stereocenters. The third-order valence-electron chi connectivity index (χ3n) is 12.6. The Balaban J connectivity index is 0.000000246. The highest BCUT2D eigenvalue weighted by molar-refractivity contribution is 5.89. The van der Waals surface area contributed by atoms with Crippen LogP contribution < -0.4 is 45.9 Å². The van der Waals surface area contributed by atoms with Gasteiger partial charge in [0, 0.05) is 26.1 Å². The molecule has 1 heterocycles. The van der Waals surface area contributed by atoms with E-state index >= 15 is 0 Å². The number of carbonyl (C=O) groups is 2. The Morgan fingerprint density at radius 1 is 0.453 bits per heavy atom. The van der Waals surface area contributed by atoms with Gasteiger partial charge in [-0.2, -0.15) is 0 Å². The first-order chi connectivity index (χ1) is 37.0. The van der Waals surface area contributed by atoms with Crippen molar-refractivity contribution in [3.8, 4) is 23.0 Å². The van der Waals surface area contributed by atoms with Crippen molar-refractivity contribution in [1.29, 1.82) is 0 Å². The van der Waals surface area contributed by atoms with Crippen molar-refractivity contribution in [2.24, 2.45) is 10.7 Å². The quantitative estimate of drug-likeness (QED) is 0.0253. The molecule has 0 bridgehead atoms. The van der Waals surface area contributed by atoms with Crippen LogP contribution >= 0.6 is 0 Å². The maximum Gasteiger partial charge on any atom is 0.242 e. The molecule has 0 aliphatic carbocycles. The molecule has 1 aliphatic rings. The van der Waals surface area contributed by atoms with Gasteiger partial charge in [-0.1, -0.05) is 173 Å². The van der Waals surface area contributed by atoms with Gasteiger partial charge >= 0.3 is 0 Å². The van der Waals surface area contributed by atoms with Crippen LogP contribution in [0.4, 0.5) is 0 Å². The zero-order chi connectivity index (χ0) is 52.2. The van der Waals surface area contributed by atoms with Crippen molar-refractivity contribution >= 4 is 17.8 Å². The minimum absolute atomic E-state index is 0.0215. The normalized spacial score (nSPS) is 12.4. The monoisotopic (exact) mass is 1020 g/mol. The van der Waals surface area contributed by atoms with Crippen molar-refractivity contribution in [2.45, 2.75) is 115 Å². The molecule has 75 heavy (non-hydrogen) atoms. The largest absolute Gasteiger partial charge is 0.494 e. The smallest absolute Gasteiger partial charge is 0.242 e. The van der Waals surface area contributed by atoms with Crippen LogP contribution in [0.1, 0.15) is 99.3 Å². The van der Waals surface area contributed by atoms with E-state index in [-0.39, 0.29) is 17.9 Å². The summed E-state index contributed by atoms with van der Waals surface area (Å²) >= 11 is 0. The van der Waals surface area contributed by atoms with E-state index in [2.05, 4.69) is 62.7 Å². The number of guanidine groups is 1. The third-order valence-corrected chi connectivity index (χ3v) is 12.6. The van der Waals surface area contributed by atoms with Gasteiger partial charge < -0.3 is 45.9 Å². The molecule has 0 aromatic heterocycles. The highest BCUT2D eigenvalue weighted by atomic mass is 16.5. The predicted octanol–water partition coefficient (Wildman–Crippen LogP) is 10.9. The van der Waals surface area contributed by atoms with Crippen molar-refractivity contribution in [3.05, 3.63) is 192 Å². The number of ether oxygens (including phenoxy) is 4. The molecule has 7 rings (SSSR count). The molecule has 0 fully saturated rings. The van der Waals surface area contributed by atoms with E-state index in [1.807, 2.05) is 133 Å². The van der Waals surface area contributed by atoms with Crippen molar-refractivity contribution in [1.82, 2.24) is 21.3 Å². The van der Waals surface area contributed by atoms with Crippen LogP contribution in [-0.2, 0) is 35.6 Å². The fourth-order valence-electron chi connectivity index (χ4n) is 8.35. The van der Waals surface area contributed by atoms with Crippen LogP contribution in [0.25, 0.3) is 0 Å². The number of hydrogen-bond acceptors (Lipinski definition) is 10. The first-order valence-corrected chi connectivity index (χ1v) is 27.2. The molecule has 0 saturated carbocycles. The highest BCUT2D eigenvalue weighted by Gasteiger charge is 2.21. The summed E-state index contributed by atoms with van der Waals surface area (Å²) in [5.41, 5.74) is 10.5. The lowest BCUT2D eigenvalue weighted by Crippen LogP contribution is -2.50. The highest BCUT2D eigenvalue weighted by Crippen LogP contribution is 2.21. The van der Waals surface area contributed by atoms with E-state index in [1.54, 1.807) is 0 Å². The van der Waals surface area contributed by atoms with Gasteiger partial charge in [0.2, 0.25) is 11.8 Å².